The number of hydrogen-bond donors (Lipinski definition) is 0. The molecule has 0 aromatic rings. The largest absolute Gasteiger partial charge is 0.381 e. The fraction of sp³-hybridized carbons (Fsp3) is 0.923. The summed E-state index contributed by atoms with van der Waals surface area (Å²) >= 11 is 0. The van der Waals surface area contributed by atoms with E-state index in [9.17, 15) is 4.79 Å². The van der Waals surface area contributed by atoms with Gasteiger partial charge in [0.05, 0.1) is 13.2 Å². The predicted molar refractivity (Wildman–Crippen MR) is 62.6 cm³/mol. The van der Waals surface area contributed by atoms with Crippen LogP contribution in [0.1, 0.15) is 32.1 Å². The lowest BCUT2D eigenvalue weighted by molar-refractivity contribution is -0.164. The Labute approximate surface area is 103 Å². The van der Waals surface area contributed by atoms with Gasteiger partial charge < -0.3 is 19.0 Å². The molecular formula is C13H22O4. The second kappa shape index (κ2) is 7.09. The summed E-state index contributed by atoms with van der Waals surface area (Å²) in [6, 6.07) is 0. The zero-order valence-electron chi connectivity index (χ0n) is 10.3. The van der Waals surface area contributed by atoms with Gasteiger partial charge in [-0.25, -0.2) is 0 Å². The summed E-state index contributed by atoms with van der Waals surface area (Å²) in [5.74, 6) is 0.747. The second-order valence-electron chi connectivity index (χ2n) is 4.89. The summed E-state index contributed by atoms with van der Waals surface area (Å²) < 4.78 is 16.5. The molecule has 0 aromatic carbocycles. The van der Waals surface area contributed by atoms with E-state index in [-0.39, 0.29) is 12.2 Å². The molecule has 1 aliphatic carbocycles. The molecule has 4 heteroatoms. The number of carbonyl (C=O) groups excluding carboxylic acids is 1. The molecule has 3 atom stereocenters. The standard InChI is InChI=1S/C13H22O4/c14-9-11-8-12(11)10-15-5-3-7-17-13-4-1-2-6-16-13/h9,11-13H,1-8,10H2/t11-,12-,13?/m1/s1. The van der Waals surface area contributed by atoms with Crippen LogP contribution in [0, 0.1) is 11.8 Å². The van der Waals surface area contributed by atoms with E-state index in [1.807, 2.05) is 0 Å². The summed E-state index contributed by atoms with van der Waals surface area (Å²) in [7, 11) is 0. The summed E-state index contributed by atoms with van der Waals surface area (Å²) in [6.07, 6.45) is 6.33. The highest BCUT2D eigenvalue weighted by atomic mass is 16.7. The Morgan fingerprint density at radius 3 is 2.94 bits per heavy atom. The molecule has 1 aliphatic heterocycles. The Morgan fingerprint density at radius 1 is 1.29 bits per heavy atom. The van der Waals surface area contributed by atoms with Crippen molar-refractivity contribution in [1.82, 2.24) is 0 Å². The van der Waals surface area contributed by atoms with Crippen molar-refractivity contribution < 1.29 is 19.0 Å². The molecule has 98 valence electrons. The van der Waals surface area contributed by atoms with Crippen LogP contribution in [-0.2, 0) is 19.0 Å². The van der Waals surface area contributed by atoms with Crippen molar-refractivity contribution in [3.05, 3.63) is 0 Å². The number of hydrogen-bond acceptors (Lipinski definition) is 4. The lowest BCUT2D eigenvalue weighted by atomic mass is 10.2. The third-order valence-corrected chi connectivity index (χ3v) is 3.36. The van der Waals surface area contributed by atoms with E-state index in [1.165, 1.54) is 6.42 Å². The zero-order chi connectivity index (χ0) is 11.9. The highest BCUT2D eigenvalue weighted by molar-refractivity contribution is 5.58. The Balaban J connectivity index is 1.37. The summed E-state index contributed by atoms with van der Waals surface area (Å²) in [5, 5.41) is 0. The molecule has 4 nitrogen and oxygen atoms in total. The first-order valence-corrected chi connectivity index (χ1v) is 6.66. The van der Waals surface area contributed by atoms with Gasteiger partial charge in [0.15, 0.2) is 6.29 Å². The van der Waals surface area contributed by atoms with Crippen LogP contribution < -0.4 is 0 Å². The highest BCUT2D eigenvalue weighted by Crippen LogP contribution is 2.36. The van der Waals surface area contributed by atoms with Gasteiger partial charge in [-0.1, -0.05) is 0 Å². The summed E-state index contributed by atoms with van der Waals surface area (Å²) in [6.45, 7) is 2.97. The van der Waals surface area contributed by atoms with E-state index in [2.05, 4.69) is 0 Å². The minimum atomic E-state index is 0.00613. The van der Waals surface area contributed by atoms with Crippen LogP contribution in [0.25, 0.3) is 0 Å². The summed E-state index contributed by atoms with van der Waals surface area (Å²) in [5.41, 5.74) is 0. The van der Waals surface area contributed by atoms with Gasteiger partial charge in [0, 0.05) is 19.1 Å². The van der Waals surface area contributed by atoms with Crippen LogP contribution in [0.15, 0.2) is 0 Å². The van der Waals surface area contributed by atoms with E-state index < -0.39 is 0 Å². The third kappa shape index (κ3) is 4.74. The Kier molecular flexibility index (Phi) is 5.42. The minimum Gasteiger partial charge on any atom is -0.381 e. The molecule has 0 amide bonds. The Hall–Kier alpha value is -0.450. The molecular weight excluding hydrogens is 220 g/mol. The maximum atomic E-state index is 10.4. The Bertz CT molecular complexity index is 225. The molecule has 2 fully saturated rings. The molecule has 0 aromatic heterocycles. The quantitative estimate of drug-likeness (QED) is 0.480. The van der Waals surface area contributed by atoms with Crippen LogP contribution in [-0.4, -0.2) is 39.0 Å². The van der Waals surface area contributed by atoms with Crippen molar-refractivity contribution in [3.8, 4) is 0 Å². The molecule has 1 heterocycles. The first kappa shape index (κ1) is 13.0. The monoisotopic (exact) mass is 242 g/mol. The van der Waals surface area contributed by atoms with Gasteiger partial charge in [-0.2, -0.15) is 0 Å². The molecule has 2 aliphatic rings. The lowest BCUT2D eigenvalue weighted by Crippen LogP contribution is -2.23. The molecule has 1 saturated heterocycles. The molecule has 1 saturated carbocycles. The van der Waals surface area contributed by atoms with Gasteiger partial charge in [-0.15, -0.1) is 0 Å². The predicted octanol–water partition coefficient (Wildman–Crippen LogP) is 1.77. The zero-order valence-corrected chi connectivity index (χ0v) is 10.3. The van der Waals surface area contributed by atoms with Gasteiger partial charge in [0.2, 0.25) is 0 Å². The normalized spacial score (nSPS) is 32.4. The molecule has 17 heavy (non-hydrogen) atoms. The van der Waals surface area contributed by atoms with E-state index in [1.54, 1.807) is 0 Å². The highest BCUT2D eigenvalue weighted by Gasteiger charge is 2.36. The van der Waals surface area contributed by atoms with Gasteiger partial charge in [0.1, 0.15) is 6.29 Å². The van der Waals surface area contributed by atoms with Gasteiger partial charge >= 0.3 is 0 Å². The van der Waals surface area contributed by atoms with Crippen molar-refractivity contribution in [3.63, 3.8) is 0 Å². The number of aldehydes is 1. The van der Waals surface area contributed by atoms with E-state index >= 15 is 0 Å². The third-order valence-electron chi connectivity index (χ3n) is 3.36. The van der Waals surface area contributed by atoms with Crippen LogP contribution in [0.2, 0.25) is 0 Å². The fourth-order valence-electron chi connectivity index (χ4n) is 2.08. The maximum Gasteiger partial charge on any atom is 0.157 e. The molecule has 2 rings (SSSR count). The molecule has 0 radical (unpaired) electrons. The maximum absolute atomic E-state index is 10.4. The van der Waals surface area contributed by atoms with Gasteiger partial charge in [-0.05, 0) is 38.0 Å². The van der Waals surface area contributed by atoms with Gasteiger partial charge in [-0.3, -0.25) is 0 Å². The average Bonchev–Trinajstić information content (AvgIpc) is 3.13. The van der Waals surface area contributed by atoms with Crippen LogP contribution in [0.3, 0.4) is 0 Å². The molecule has 0 N–H and O–H groups in total. The van der Waals surface area contributed by atoms with Crippen LogP contribution in [0.4, 0.5) is 0 Å². The molecule has 0 spiro atoms. The first-order chi connectivity index (χ1) is 8.40. The van der Waals surface area contributed by atoms with E-state index in [0.717, 1.165) is 51.8 Å². The summed E-state index contributed by atoms with van der Waals surface area (Å²) in [4.78, 5) is 10.4. The van der Waals surface area contributed by atoms with Gasteiger partial charge in [0.25, 0.3) is 0 Å². The van der Waals surface area contributed by atoms with Crippen molar-refractivity contribution >= 4 is 6.29 Å². The smallest absolute Gasteiger partial charge is 0.157 e. The van der Waals surface area contributed by atoms with Crippen molar-refractivity contribution in [2.24, 2.45) is 11.8 Å². The van der Waals surface area contributed by atoms with E-state index in [4.69, 9.17) is 14.2 Å². The minimum absolute atomic E-state index is 0.00613. The van der Waals surface area contributed by atoms with Crippen molar-refractivity contribution in [1.29, 1.82) is 0 Å². The lowest BCUT2D eigenvalue weighted by Gasteiger charge is -2.22. The van der Waals surface area contributed by atoms with Crippen LogP contribution in [0.5, 0.6) is 0 Å². The number of ether oxygens (including phenoxy) is 3. The number of carbonyl (C=O) groups is 1. The number of rotatable bonds is 8. The molecule has 1 unspecified atom stereocenters. The second-order valence-corrected chi connectivity index (χ2v) is 4.89. The van der Waals surface area contributed by atoms with E-state index in [0.29, 0.717) is 12.5 Å². The van der Waals surface area contributed by atoms with Crippen LogP contribution >= 0.6 is 0 Å². The fourth-order valence-corrected chi connectivity index (χ4v) is 2.08. The Morgan fingerprint density at radius 2 is 2.24 bits per heavy atom. The first-order valence-electron chi connectivity index (χ1n) is 6.66. The van der Waals surface area contributed by atoms with Crippen molar-refractivity contribution in [2.75, 3.05) is 26.4 Å². The molecule has 0 bridgehead atoms. The SMILES string of the molecule is O=C[C@H]1C[C@@H]1COCCCOC1CCCCO1. The van der Waals surface area contributed by atoms with Crippen molar-refractivity contribution in [2.45, 2.75) is 38.4 Å². The topological polar surface area (TPSA) is 44.8 Å². The average molecular weight is 242 g/mol.